The van der Waals surface area contributed by atoms with Crippen molar-refractivity contribution < 1.29 is 4.21 Å². The lowest BCUT2D eigenvalue weighted by Gasteiger charge is -2.22. The van der Waals surface area contributed by atoms with Crippen LogP contribution in [0, 0.1) is 5.92 Å². The Morgan fingerprint density at radius 2 is 2.25 bits per heavy atom. The number of nitrogens with one attached hydrogen (secondary N) is 1. The Morgan fingerprint density at radius 3 is 2.94 bits per heavy atom. The molecule has 0 radical (unpaired) electrons. The summed E-state index contributed by atoms with van der Waals surface area (Å²) in [6.45, 7) is 2.15. The molecule has 3 nitrogen and oxygen atoms in total. The first-order valence-corrected chi connectivity index (χ1v) is 7.28. The van der Waals surface area contributed by atoms with Gasteiger partial charge in [0.2, 0.25) is 0 Å². The molecule has 0 saturated carbocycles. The van der Waals surface area contributed by atoms with Gasteiger partial charge >= 0.3 is 0 Å². The number of rotatable bonds is 4. The number of hydrogen-bond acceptors (Lipinski definition) is 3. The van der Waals surface area contributed by atoms with Crippen molar-refractivity contribution in [2.45, 2.75) is 18.6 Å². The van der Waals surface area contributed by atoms with E-state index < -0.39 is 10.8 Å². The van der Waals surface area contributed by atoms with Crippen LogP contribution in [-0.2, 0) is 16.6 Å². The van der Waals surface area contributed by atoms with E-state index in [0.29, 0.717) is 11.7 Å². The summed E-state index contributed by atoms with van der Waals surface area (Å²) in [6.07, 6.45) is 5.95. The predicted octanol–water partition coefficient (Wildman–Crippen LogP) is 1.33. The summed E-state index contributed by atoms with van der Waals surface area (Å²) in [6, 6.07) is 3.88. The van der Waals surface area contributed by atoms with Crippen LogP contribution in [0.25, 0.3) is 0 Å². The van der Waals surface area contributed by atoms with Crippen LogP contribution in [0.15, 0.2) is 24.5 Å². The Morgan fingerprint density at radius 1 is 1.44 bits per heavy atom. The van der Waals surface area contributed by atoms with E-state index >= 15 is 0 Å². The molecule has 1 N–H and O–H groups in total. The van der Waals surface area contributed by atoms with Gasteiger partial charge in [-0.05, 0) is 49.5 Å². The van der Waals surface area contributed by atoms with Gasteiger partial charge in [0.1, 0.15) is 0 Å². The van der Waals surface area contributed by atoms with Crippen LogP contribution in [0.3, 0.4) is 0 Å². The molecular formula is C12H18N2OS. The highest BCUT2D eigenvalue weighted by Gasteiger charge is 2.15. The van der Waals surface area contributed by atoms with Gasteiger partial charge in [-0.2, -0.15) is 0 Å². The molecule has 1 aliphatic rings. The first-order chi connectivity index (χ1) is 7.84. The molecule has 1 aromatic heterocycles. The van der Waals surface area contributed by atoms with E-state index in [1.54, 1.807) is 12.4 Å². The van der Waals surface area contributed by atoms with E-state index in [1.165, 1.54) is 12.8 Å². The van der Waals surface area contributed by atoms with E-state index in [4.69, 9.17) is 0 Å². The van der Waals surface area contributed by atoms with Crippen LogP contribution < -0.4 is 5.32 Å². The Kier molecular flexibility index (Phi) is 4.48. The van der Waals surface area contributed by atoms with Gasteiger partial charge in [0.05, 0.1) is 0 Å². The molecule has 16 heavy (non-hydrogen) atoms. The summed E-state index contributed by atoms with van der Waals surface area (Å²) in [7, 11) is -0.736. The molecule has 4 heteroatoms. The minimum atomic E-state index is -0.736. The van der Waals surface area contributed by atoms with Crippen molar-refractivity contribution in [3.63, 3.8) is 0 Å². The van der Waals surface area contributed by atoms with Gasteiger partial charge < -0.3 is 5.32 Å². The molecule has 0 spiro atoms. The zero-order valence-corrected chi connectivity index (χ0v) is 10.2. The molecule has 0 bridgehead atoms. The molecule has 2 rings (SSSR count). The molecule has 0 amide bonds. The summed E-state index contributed by atoms with van der Waals surface area (Å²) < 4.78 is 11.9. The second-order valence-corrected chi connectivity index (χ2v) is 5.82. The van der Waals surface area contributed by atoms with Crippen molar-refractivity contribution in [3.05, 3.63) is 30.1 Å². The van der Waals surface area contributed by atoms with Crippen LogP contribution in [0.5, 0.6) is 0 Å². The zero-order valence-electron chi connectivity index (χ0n) is 9.39. The SMILES string of the molecule is O=[S@@](Cc1ccncc1)C[C@@H]1CCCNC1. The molecular weight excluding hydrogens is 220 g/mol. The summed E-state index contributed by atoms with van der Waals surface area (Å²) in [5, 5.41) is 3.36. The van der Waals surface area contributed by atoms with E-state index in [2.05, 4.69) is 10.3 Å². The predicted molar refractivity (Wildman–Crippen MR) is 66.5 cm³/mol. The average molecular weight is 238 g/mol. The second-order valence-electron chi connectivity index (χ2n) is 4.32. The molecule has 0 aromatic carbocycles. The lowest BCUT2D eigenvalue weighted by atomic mass is 10.0. The van der Waals surface area contributed by atoms with Gasteiger partial charge in [-0.3, -0.25) is 9.19 Å². The van der Waals surface area contributed by atoms with Gasteiger partial charge in [-0.15, -0.1) is 0 Å². The van der Waals surface area contributed by atoms with Crippen molar-refractivity contribution >= 4 is 10.8 Å². The zero-order chi connectivity index (χ0) is 11.2. The lowest BCUT2D eigenvalue weighted by Crippen LogP contribution is -2.32. The van der Waals surface area contributed by atoms with E-state index in [1.807, 2.05) is 12.1 Å². The first-order valence-electron chi connectivity index (χ1n) is 5.79. The molecule has 0 unspecified atom stereocenters. The van der Waals surface area contributed by atoms with Crippen molar-refractivity contribution in [1.82, 2.24) is 10.3 Å². The minimum absolute atomic E-state index is 0.594. The molecule has 0 aliphatic carbocycles. The molecule has 1 fully saturated rings. The maximum atomic E-state index is 11.9. The third-order valence-electron chi connectivity index (χ3n) is 2.90. The Bertz CT molecular complexity index is 336. The Labute approximate surface area is 99.1 Å². The van der Waals surface area contributed by atoms with Gasteiger partial charge in [0.15, 0.2) is 0 Å². The highest BCUT2D eigenvalue weighted by molar-refractivity contribution is 7.84. The van der Waals surface area contributed by atoms with Crippen LogP contribution in [0.1, 0.15) is 18.4 Å². The van der Waals surface area contributed by atoms with Crippen LogP contribution in [0.2, 0.25) is 0 Å². The number of hydrogen-bond donors (Lipinski definition) is 1. The van der Waals surface area contributed by atoms with Crippen molar-refractivity contribution in [2.75, 3.05) is 18.8 Å². The molecule has 2 atom stereocenters. The summed E-state index contributed by atoms with van der Waals surface area (Å²) in [5.74, 6) is 2.09. The minimum Gasteiger partial charge on any atom is -0.316 e. The first kappa shape index (κ1) is 11.7. The lowest BCUT2D eigenvalue weighted by molar-refractivity contribution is 0.408. The number of aromatic nitrogens is 1. The molecule has 1 aliphatic heterocycles. The van der Waals surface area contributed by atoms with Gasteiger partial charge in [0.25, 0.3) is 0 Å². The normalized spacial score (nSPS) is 22.9. The summed E-state index contributed by atoms with van der Waals surface area (Å²) >= 11 is 0. The summed E-state index contributed by atoms with van der Waals surface area (Å²) in [5.41, 5.74) is 1.12. The largest absolute Gasteiger partial charge is 0.316 e. The van der Waals surface area contributed by atoms with Gasteiger partial charge in [-0.25, -0.2) is 0 Å². The van der Waals surface area contributed by atoms with Crippen molar-refractivity contribution in [2.24, 2.45) is 5.92 Å². The van der Waals surface area contributed by atoms with E-state index in [9.17, 15) is 4.21 Å². The number of pyridine rings is 1. The number of nitrogens with zero attached hydrogens (tertiary/aromatic N) is 1. The highest BCUT2D eigenvalue weighted by Crippen LogP contribution is 2.13. The van der Waals surface area contributed by atoms with Crippen LogP contribution in [0.4, 0.5) is 0 Å². The molecule has 88 valence electrons. The molecule has 1 saturated heterocycles. The monoisotopic (exact) mass is 238 g/mol. The fraction of sp³-hybridized carbons (Fsp3) is 0.583. The fourth-order valence-corrected chi connectivity index (χ4v) is 3.55. The maximum Gasteiger partial charge on any atom is 0.0486 e. The second kappa shape index (κ2) is 6.11. The van der Waals surface area contributed by atoms with Crippen LogP contribution in [-0.4, -0.2) is 28.0 Å². The highest BCUT2D eigenvalue weighted by atomic mass is 32.2. The molecule has 2 heterocycles. The Hall–Kier alpha value is -0.740. The molecule has 1 aromatic rings. The van der Waals surface area contributed by atoms with Gasteiger partial charge in [-0.1, -0.05) is 0 Å². The third kappa shape index (κ3) is 3.68. The standard InChI is InChI=1S/C12H18N2OS/c15-16(9-11-3-6-13-7-4-11)10-12-2-1-5-14-8-12/h3-4,6-7,12,14H,1-2,5,8-10H2/t12-,16+/m1/s1. The number of piperidine rings is 1. The van der Waals surface area contributed by atoms with E-state index in [-0.39, 0.29) is 0 Å². The van der Waals surface area contributed by atoms with Crippen LogP contribution >= 0.6 is 0 Å². The van der Waals surface area contributed by atoms with E-state index in [0.717, 1.165) is 24.4 Å². The fourth-order valence-electron chi connectivity index (χ4n) is 2.05. The van der Waals surface area contributed by atoms with Crippen molar-refractivity contribution in [3.8, 4) is 0 Å². The maximum absolute atomic E-state index is 11.9. The smallest absolute Gasteiger partial charge is 0.0486 e. The third-order valence-corrected chi connectivity index (χ3v) is 4.40. The quantitative estimate of drug-likeness (QED) is 0.860. The Balaban J connectivity index is 1.80. The topological polar surface area (TPSA) is 42.0 Å². The van der Waals surface area contributed by atoms with Crippen molar-refractivity contribution in [1.29, 1.82) is 0 Å². The summed E-state index contributed by atoms with van der Waals surface area (Å²) in [4.78, 5) is 3.96. The van der Waals surface area contributed by atoms with Gasteiger partial charge in [0, 0.05) is 34.7 Å². The average Bonchev–Trinajstić information content (AvgIpc) is 2.31.